The third-order valence-electron chi connectivity index (χ3n) is 6.96. The van der Waals surface area contributed by atoms with E-state index in [2.05, 4.69) is 71.3 Å². The topological polar surface area (TPSA) is 58.8 Å². The minimum Gasteiger partial charge on any atom is -0.370 e. The van der Waals surface area contributed by atoms with Crippen LogP contribution in [0.15, 0.2) is 84.9 Å². The van der Waals surface area contributed by atoms with Crippen molar-refractivity contribution >= 4 is 11.6 Å². The predicted octanol–water partition coefficient (Wildman–Crippen LogP) is 5.21. The van der Waals surface area contributed by atoms with Crippen molar-refractivity contribution in [2.75, 3.05) is 37.7 Å². The zero-order valence-electron chi connectivity index (χ0n) is 20.7. The number of primary amides is 1. The zero-order valence-corrected chi connectivity index (χ0v) is 20.7. The van der Waals surface area contributed by atoms with Gasteiger partial charge in [0, 0.05) is 45.0 Å². The van der Waals surface area contributed by atoms with Crippen LogP contribution in [0.25, 0.3) is 0 Å². The highest BCUT2D eigenvalue weighted by molar-refractivity contribution is 5.98. The van der Waals surface area contributed by atoms with Crippen molar-refractivity contribution in [3.63, 3.8) is 0 Å². The number of benzene rings is 3. The second-order valence-electron chi connectivity index (χ2n) is 9.34. The number of hydrogen-bond acceptors (Lipinski definition) is 4. The summed E-state index contributed by atoms with van der Waals surface area (Å²) >= 11 is 0. The molecular weight excluding hydrogens is 434 g/mol. The molecule has 2 N–H and O–H groups in total. The van der Waals surface area contributed by atoms with Gasteiger partial charge in [-0.15, -0.1) is 0 Å². The monoisotopic (exact) mass is 471 g/mol. The SMILES string of the molecule is CCCOC1(c2ccccc2)CCN(CCN(Cc2ccccc2)c2ccccc2C(N)=O)CC1. The third-order valence-corrected chi connectivity index (χ3v) is 6.96. The average Bonchev–Trinajstić information content (AvgIpc) is 2.91. The number of carbonyl (C=O) groups is 1. The molecule has 1 heterocycles. The zero-order chi connectivity index (χ0) is 24.5. The molecule has 0 atom stereocenters. The van der Waals surface area contributed by atoms with Crippen molar-refractivity contribution < 1.29 is 9.53 Å². The predicted molar refractivity (Wildman–Crippen MR) is 142 cm³/mol. The summed E-state index contributed by atoms with van der Waals surface area (Å²) in [4.78, 5) is 16.9. The lowest BCUT2D eigenvalue weighted by molar-refractivity contribution is -0.0893. The van der Waals surface area contributed by atoms with Gasteiger partial charge in [0.15, 0.2) is 0 Å². The number of carbonyl (C=O) groups excluding carboxylic acids is 1. The lowest BCUT2D eigenvalue weighted by atomic mass is 9.84. The minimum atomic E-state index is -0.391. The molecule has 184 valence electrons. The van der Waals surface area contributed by atoms with E-state index < -0.39 is 5.91 Å². The fourth-order valence-electron chi connectivity index (χ4n) is 5.00. The molecule has 5 nitrogen and oxygen atoms in total. The third kappa shape index (κ3) is 6.30. The maximum Gasteiger partial charge on any atom is 0.250 e. The Morgan fingerprint density at radius 3 is 2.23 bits per heavy atom. The van der Waals surface area contributed by atoms with Gasteiger partial charge in [0.25, 0.3) is 5.91 Å². The molecule has 35 heavy (non-hydrogen) atoms. The molecule has 0 bridgehead atoms. The summed E-state index contributed by atoms with van der Waals surface area (Å²) in [6.45, 7) is 7.37. The van der Waals surface area contributed by atoms with Crippen LogP contribution in [-0.2, 0) is 16.9 Å². The first-order chi connectivity index (χ1) is 17.1. The molecule has 3 aromatic carbocycles. The minimum absolute atomic E-state index is 0.198. The van der Waals surface area contributed by atoms with Crippen LogP contribution in [0.3, 0.4) is 0 Å². The maximum atomic E-state index is 12.1. The quantitative estimate of drug-likeness (QED) is 0.417. The highest BCUT2D eigenvalue weighted by Crippen LogP contribution is 2.37. The fourth-order valence-corrected chi connectivity index (χ4v) is 5.00. The van der Waals surface area contributed by atoms with E-state index in [1.54, 1.807) is 0 Å². The molecule has 1 aliphatic rings. The van der Waals surface area contributed by atoms with E-state index >= 15 is 0 Å². The van der Waals surface area contributed by atoms with E-state index in [1.165, 1.54) is 11.1 Å². The Hall–Kier alpha value is -3.15. The van der Waals surface area contributed by atoms with Crippen LogP contribution < -0.4 is 10.6 Å². The molecule has 1 aliphatic heterocycles. The molecule has 0 aromatic heterocycles. The Bertz CT molecular complexity index is 1060. The lowest BCUT2D eigenvalue weighted by Gasteiger charge is -2.42. The summed E-state index contributed by atoms with van der Waals surface area (Å²) in [5.74, 6) is -0.391. The van der Waals surface area contributed by atoms with Crippen LogP contribution >= 0.6 is 0 Å². The summed E-state index contributed by atoms with van der Waals surface area (Å²) in [6.07, 6.45) is 2.98. The standard InChI is InChI=1S/C30H37N3O2/c1-2-23-35-30(26-13-7-4-8-14-26)17-19-32(20-18-30)21-22-33(24-25-11-5-3-6-12-25)28-16-10-9-15-27(28)29(31)34/h3-16H,2,17-24H2,1H3,(H2,31,34). The molecule has 0 spiro atoms. The van der Waals surface area contributed by atoms with Gasteiger partial charge in [0.2, 0.25) is 0 Å². The first-order valence-electron chi connectivity index (χ1n) is 12.7. The Morgan fingerprint density at radius 2 is 1.57 bits per heavy atom. The number of nitrogens with two attached hydrogens (primary N) is 1. The highest BCUT2D eigenvalue weighted by atomic mass is 16.5. The summed E-state index contributed by atoms with van der Waals surface area (Å²) < 4.78 is 6.48. The van der Waals surface area contributed by atoms with Crippen LogP contribution in [0.2, 0.25) is 0 Å². The van der Waals surface area contributed by atoms with Crippen LogP contribution in [-0.4, -0.2) is 43.6 Å². The molecule has 1 saturated heterocycles. The van der Waals surface area contributed by atoms with Gasteiger partial charge in [-0.05, 0) is 42.5 Å². The highest BCUT2D eigenvalue weighted by Gasteiger charge is 2.37. The summed E-state index contributed by atoms with van der Waals surface area (Å²) in [6, 6.07) is 28.7. The number of piperidine rings is 1. The smallest absolute Gasteiger partial charge is 0.250 e. The number of likely N-dealkylation sites (tertiary alicyclic amines) is 1. The second kappa shape index (κ2) is 12.0. The van der Waals surface area contributed by atoms with Gasteiger partial charge < -0.3 is 20.3 Å². The Balaban J connectivity index is 1.46. The first-order valence-corrected chi connectivity index (χ1v) is 12.7. The van der Waals surface area contributed by atoms with Crippen molar-refractivity contribution in [2.24, 2.45) is 5.73 Å². The van der Waals surface area contributed by atoms with Crippen LogP contribution in [0.4, 0.5) is 5.69 Å². The van der Waals surface area contributed by atoms with Gasteiger partial charge in [-0.25, -0.2) is 0 Å². The number of nitrogens with zero attached hydrogens (tertiary/aromatic N) is 2. The van der Waals surface area contributed by atoms with Crippen molar-refractivity contribution in [1.29, 1.82) is 0 Å². The van der Waals surface area contributed by atoms with Crippen LogP contribution in [0, 0.1) is 0 Å². The van der Waals surface area contributed by atoms with E-state index in [-0.39, 0.29) is 5.60 Å². The molecule has 5 heteroatoms. The lowest BCUT2D eigenvalue weighted by Crippen LogP contribution is -2.46. The molecule has 0 saturated carbocycles. The number of rotatable bonds is 11. The first kappa shape index (κ1) is 25.0. The van der Waals surface area contributed by atoms with E-state index in [0.717, 1.165) is 64.3 Å². The largest absolute Gasteiger partial charge is 0.370 e. The van der Waals surface area contributed by atoms with Gasteiger partial charge in [0.1, 0.15) is 0 Å². The van der Waals surface area contributed by atoms with Crippen molar-refractivity contribution in [1.82, 2.24) is 4.90 Å². The number of hydrogen-bond donors (Lipinski definition) is 1. The van der Waals surface area contributed by atoms with Crippen molar-refractivity contribution in [2.45, 2.75) is 38.3 Å². The van der Waals surface area contributed by atoms with E-state index in [1.807, 2.05) is 30.3 Å². The Morgan fingerprint density at radius 1 is 0.943 bits per heavy atom. The summed E-state index contributed by atoms with van der Waals surface area (Å²) in [5, 5.41) is 0. The molecule has 4 rings (SSSR count). The van der Waals surface area contributed by atoms with Crippen LogP contribution in [0.5, 0.6) is 0 Å². The molecular formula is C30H37N3O2. The van der Waals surface area contributed by atoms with Gasteiger partial charge in [0.05, 0.1) is 11.2 Å². The Labute approximate surface area is 209 Å². The molecule has 0 aliphatic carbocycles. The van der Waals surface area contributed by atoms with E-state index in [0.29, 0.717) is 5.56 Å². The van der Waals surface area contributed by atoms with Crippen molar-refractivity contribution in [3.05, 3.63) is 102 Å². The summed E-state index contributed by atoms with van der Waals surface area (Å²) in [7, 11) is 0. The molecule has 0 radical (unpaired) electrons. The van der Waals surface area contributed by atoms with Gasteiger partial charge in [-0.1, -0.05) is 79.7 Å². The molecule has 0 unspecified atom stereocenters. The molecule has 3 aromatic rings. The molecule has 1 amide bonds. The fraction of sp³-hybridized carbons (Fsp3) is 0.367. The number of ether oxygens (including phenoxy) is 1. The van der Waals surface area contributed by atoms with Gasteiger partial charge >= 0.3 is 0 Å². The van der Waals surface area contributed by atoms with Crippen molar-refractivity contribution in [3.8, 4) is 0 Å². The van der Waals surface area contributed by atoms with E-state index in [4.69, 9.17) is 10.5 Å². The average molecular weight is 472 g/mol. The maximum absolute atomic E-state index is 12.1. The normalized spacial score (nSPS) is 15.6. The Kier molecular flexibility index (Phi) is 8.56. The van der Waals surface area contributed by atoms with Crippen LogP contribution in [0.1, 0.15) is 47.7 Å². The number of anilines is 1. The molecule has 1 fully saturated rings. The summed E-state index contributed by atoms with van der Waals surface area (Å²) in [5.41, 5.74) is 9.48. The van der Waals surface area contributed by atoms with E-state index in [9.17, 15) is 4.79 Å². The number of amides is 1. The van der Waals surface area contributed by atoms with Gasteiger partial charge in [-0.3, -0.25) is 4.79 Å². The van der Waals surface area contributed by atoms with Gasteiger partial charge in [-0.2, -0.15) is 0 Å². The number of para-hydroxylation sites is 1. The second-order valence-corrected chi connectivity index (χ2v) is 9.34.